The summed E-state index contributed by atoms with van der Waals surface area (Å²) in [5.41, 5.74) is 4.67. The van der Waals surface area contributed by atoms with Crippen LogP contribution in [0.5, 0.6) is 0 Å². The first-order valence-corrected chi connectivity index (χ1v) is 29.9. The Kier molecular flexibility index (Phi) is 31.3. The molecule has 2 fully saturated rings. The molecule has 22 nitrogen and oxygen atoms in total. The van der Waals surface area contributed by atoms with Crippen LogP contribution < -0.4 is 11.4 Å². The molecule has 1 aromatic heterocycles. The van der Waals surface area contributed by atoms with Crippen molar-refractivity contribution >= 4 is 39.2 Å². The van der Waals surface area contributed by atoms with Gasteiger partial charge in [-0.1, -0.05) is 135 Å². The number of ketones is 1. The van der Waals surface area contributed by atoms with Crippen LogP contribution >= 0.6 is 15.6 Å². The van der Waals surface area contributed by atoms with Crippen molar-refractivity contribution in [3.63, 3.8) is 0 Å². The summed E-state index contributed by atoms with van der Waals surface area (Å²) >= 11 is 0. The van der Waals surface area contributed by atoms with Crippen LogP contribution in [-0.4, -0.2) is 125 Å². The monoisotopic (exact) mass is 1100 g/mol. The summed E-state index contributed by atoms with van der Waals surface area (Å²) < 4.78 is 58.8. The molecule has 9 N–H and O–H groups in total. The van der Waals surface area contributed by atoms with Crippen molar-refractivity contribution < 1.29 is 86.4 Å². The number of Topliss-reactive ketones (excluding diaryl/α,β-unsaturated/α-hetero) is 1. The molecule has 0 aromatic carbocycles. The third kappa shape index (κ3) is 25.9. The van der Waals surface area contributed by atoms with E-state index >= 15 is 0 Å². The second-order valence-electron chi connectivity index (χ2n) is 19.7. The number of ether oxygens (including phenoxy) is 3. The number of aliphatic hydroxyl groups is 5. The summed E-state index contributed by atoms with van der Waals surface area (Å²) in [7, 11) is -11.4. The fourth-order valence-corrected chi connectivity index (χ4v) is 11.1. The Hall–Kier alpha value is -2.95. The molecule has 0 radical (unpaired) electrons. The molecule has 0 spiro atoms. The number of fused-ring (bicyclic) bond motifs is 3. The number of hydrogen-bond acceptors (Lipinski definition) is 19. The molecule has 1 aromatic rings. The highest BCUT2D eigenvalue weighted by Crippen LogP contribution is 2.60. The summed E-state index contributed by atoms with van der Waals surface area (Å²) in [6, 6.07) is 1.18. The van der Waals surface area contributed by atoms with Crippen molar-refractivity contribution in [2.24, 2.45) is 11.8 Å². The first-order valence-electron chi connectivity index (χ1n) is 26.9. The zero-order valence-electron chi connectivity index (χ0n) is 43.5. The van der Waals surface area contributed by atoms with Gasteiger partial charge in [0.1, 0.15) is 36.6 Å². The summed E-state index contributed by atoms with van der Waals surface area (Å²) in [6.45, 7) is 1.32. The molecule has 2 bridgehead atoms. The first-order chi connectivity index (χ1) is 35.3. The van der Waals surface area contributed by atoms with Crippen molar-refractivity contribution in [1.82, 2.24) is 9.55 Å². The maximum atomic E-state index is 13.7. The number of cyclic esters (lactones) is 1. The van der Waals surface area contributed by atoms with Gasteiger partial charge in [0.25, 0.3) is 0 Å². The van der Waals surface area contributed by atoms with E-state index in [4.69, 9.17) is 29.0 Å². The van der Waals surface area contributed by atoms with Crippen molar-refractivity contribution in [1.29, 1.82) is 0 Å². The normalized spacial score (nSPS) is 30.1. The minimum absolute atomic E-state index is 0.0211. The van der Waals surface area contributed by atoms with Gasteiger partial charge < -0.3 is 55.3 Å². The van der Waals surface area contributed by atoms with Gasteiger partial charge in [-0.3, -0.25) is 28.0 Å². The topological polar surface area (TPSA) is 343 Å². The van der Waals surface area contributed by atoms with E-state index in [2.05, 4.69) is 16.2 Å². The number of unbranched alkanes of at least 4 members (excludes halogenated alkanes) is 16. The Labute approximate surface area is 435 Å². The second kappa shape index (κ2) is 35.5. The number of nitrogens with zero attached hydrogens (tertiary/aromatic N) is 2. The molecule has 2 unspecified atom stereocenters. The summed E-state index contributed by atoms with van der Waals surface area (Å²) in [5.74, 6) is -5.17. The van der Waals surface area contributed by atoms with E-state index in [9.17, 15) is 63.6 Å². The fraction of sp³-hybridized carbons (Fsp3) is 0.820. The Morgan fingerprint density at radius 2 is 1.36 bits per heavy atom. The molecule has 2 aliphatic heterocycles. The van der Waals surface area contributed by atoms with Gasteiger partial charge in [-0.05, 0) is 31.7 Å². The first kappa shape index (κ1) is 65.3. The maximum absolute atomic E-state index is 13.7. The molecule has 3 heterocycles. The SMILES string of the molecule is CCCCCCCCCCCCCCCCCC(=O)O[C@@H]1COC(=O)CCCCC(=O)C[C@@H]2[C@H](n3ccc(N)nc3=O)O[C@H](COP(=O)(O)OP(=O)(O)OC1)[C@@H](O)[C@@H](O)[C@@H](/C=C/[C@@H](O)CCCCC)[C@H](O)C[C@@H]2O. The highest BCUT2D eigenvalue weighted by Gasteiger charge is 2.45. The number of nitrogens with two attached hydrogens (primary N) is 1. The average molecular weight is 1100 g/mol. The predicted molar refractivity (Wildman–Crippen MR) is 273 cm³/mol. The Bertz CT molecular complexity index is 1980. The number of rotatable bonds is 24. The lowest BCUT2D eigenvalue weighted by Gasteiger charge is -2.40. The molecule has 0 saturated carbocycles. The number of carbonyl (C=O) groups excluding carboxylic acids is 3. The van der Waals surface area contributed by atoms with Crippen molar-refractivity contribution in [2.75, 3.05) is 25.6 Å². The van der Waals surface area contributed by atoms with Gasteiger partial charge in [-0.25, -0.2) is 13.9 Å². The van der Waals surface area contributed by atoms with E-state index in [1.807, 2.05) is 6.92 Å². The van der Waals surface area contributed by atoms with Crippen LogP contribution in [-0.2, 0) is 51.1 Å². The molecule has 3 rings (SSSR count). The minimum atomic E-state index is -5.76. The van der Waals surface area contributed by atoms with Gasteiger partial charge in [0.15, 0.2) is 6.10 Å². The molecule has 0 amide bonds. The number of nitrogen functional groups attached to an aromatic ring is 1. The molecule has 0 aliphatic carbocycles. The molecule has 74 heavy (non-hydrogen) atoms. The van der Waals surface area contributed by atoms with E-state index in [1.54, 1.807) is 0 Å². The fourth-order valence-electron chi connectivity index (χ4n) is 9.01. The van der Waals surface area contributed by atoms with Crippen molar-refractivity contribution in [2.45, 2.75) is 230 Å². The van der Waals surface area contributed by atoms with Gasteiger partial charge in [0.05, 0.1) is 37.6 Å². The van der Waals surface area contributed by atoms with E-state index < -0.39 is 133 Å². The Morgan fingerprint density at radius 1 is 0.797 bits per heavy atom. The van der Waals surface area contributed by atoms with Crippen LogP contribution in [0, 0.1) is 11.8 Å². The number of hydrogen-bond donors (Lipinski definition) is 8. The summed E-state index contributed by atoms with van der Waals surface area (Å²) in [4.78, 5) is 78.0. The molecule has 426 valence electrons. The standard InChI is InChI=1S/C50H87N3O19P2/c1-3-5-7-8-9-10-11-12-13-14-15-16-17-18-20-26-46(59)70-38-33-67-45(58)25-22-21-24-37(55)31-40-42(57)32-41(56)39(28-27-36(54)23-19-6-4-2)47(60)48(61)43(35-69-74(65,66)72-73(63,64)68-34-38)71-49(40)53-30-29-44(51)52-50(53)62/h27-30,36,38-43,47-49,54,56-57,60-61H,3-26,31-35H2,1-2H3,(H,63,64)(H,65,66)(H2,51,52,62)/b28-27+/t36-,38+,39-,40-,41+,42-,43+,47-,48+,49+/m0/s1. The molecular weight excluding hydrogens is 1010 g/mol. The number of carbonyl (C=O) groups is 3. The van der Waals surface area contributed by atoms with Gasteiger partial charge in [0, 0.05) is 50.1 Å². The quantitative estimate of drug-likeness (QED) is 0.0229. The summed E-state index contributed by atoms with van der Waals surface area (Å²) in [6.07, 6.45) is 7.87. The van der Waals surface area contributed by atoms with Gasteiger partial charge in [0.2, 0.25) is 0 Å². The van der Waals surface area contributed by atoms with Gasteiger partial charge in [-0.15, -0.1) is 0 Å². The number of esters is 2. The van der Waals surface area contributed by atoms with Crippen LogP contribution in [0.15, 0.2) is 29.2 Å². The number of aromatic nitrogens is 2. The molecule has 2 saturated heterocycles. The number of anilines is 1. The van der Waals surface area contributed by atoms with Crippen molar-refractivity contribution in [3.8, 4) is 0 Å². The lowest BCUT2D eigenvalue weighted by atomic mass is 9.82. The molecule has 12 atom stereocenters. The van der Waals surface area contributed by atoms with Crippen LogP contribution in [0.25, 0.3) is 0 Å². The zero-order chi connectivity index (χ0) is 54.5. The third-order valence-electron chi connectivity index (χ3n) is 13.3. The predicted octanol–water partition coefficient (Wildman–Crippen LogP) is 6.79. The van der Waals surface area contributed by atoms with Gasteiger partial charge in [-0.2, -0.15) is 9.29 Å². The van der Waals surface area contributed by atoms with E-state index in [0.29, 0.717) is 19.3 Å². The average Bonchev–Trinajstić information content (AvgIpc) is 3.33. The van der Waals surface area contributed by atoms with Crippen molar-refractivity contribution in [3.05, 3.63) is 34.9 Å². The number of phosphoric acid groups is 2. The van der Waals surface area contributed by atoms with Crippen LogP contribution in [0.4, 0.5) is 5.82 Å². The van der Waals surface area contributed by atoms with E-state index in [0.717, 1.165) is 55.7 Å². The largest absolute Gasteiger partial charge is 0.481 e. The number of phosphoric ester groups is 2. The van der Waals surface area contributed by atoms with Crippen LogP contribution in [0.3, 0.4) is 0 Å². The highest BCUT2D eigenvalue weighted by atomic mass is 31.3. The second-order valence-corrected chi connectivity index (χ2v) is 22.7. The minimum Gasteiger partial charge on any atom is -0.462 e. The van der Waals surface area contributed by atoms with E-state index in [-0.39, 0.29) is 37.9 Å². The van der Waals surface area contributed by atoms with Crippen LogP contribution in [0.1, 0.15) is 187 Å². The molecule has 2 aliphatic rings. The van der Waals surface area contributed by atoms with Crippen LogP contribution in [0.2, 0.25) is 0 Å². The third-order valence-corrected chi connectivity index (χ3v) is 15.9. The molecular formula is C50H87N3O19P2. The summed E-state index contributed by atoms with van der Waals surface area (Å²) in [5, 5.41) is 57.5. The Balaban J connectivity index is 1.81. The lowest BCUT2D eigenvalue weighted by molar-refractivity contribution is -0.196. The smallest absolute Gasteiger partial charge is 0.462 e. The zero-order valence-corrected chi connectivity index (χ0v) is 45.3. The highest BCUT2D eigenvalue weighted by molar-refractivity contribution is 7.61. The lowest BCUT2D eigenvalue weighted by Crippen LogP contribution is -2.52. The Morgan fingerprint density at radius 3 is 1.97 bits per heavy atom. The molecule has 24 heteroatoms. The van der Waals surface area contributed by atoms with Gasteiger partial charge >= 0.3 is 33.3 Å². The number of aliphatic hydroxyl groups excluding tert-OH is 5. The van der Waals surface area contributed by atoms with E-state index in [1.165, 1.54) is 76.0 Å². The maximum Gasteiger partial charge on any atom is 0.481 e.